The maximum atomic E-state index is 4.34. The highest BCUT2D eigenvalue weighted by atomic mass is 14.6. The van der Waals surface area contributed by atoms with E-state index in [-0.39, 0.29) is 0 Å². The van der Waals surface area contributed by atoms with E-state index >= 15 is 0 Å². The van der Waals surface area contributed by atoms with Crippen LogP contribution in [0, 0.1) is 0 Å². The van der Waals surface area contributed by atoms with Gasteiger partial charge in [-0.3, -0.25) is 9.97 Å². The van der Waals surface area contributed by atoms with Gasteiger partial charge in [0.05, 0.1) is 0 Å². The number of hydrogen-bond donors (Lipinski definition) is 0. The summed E-state index contributed by atoms with van der Waals surface area (Å²) in [6, 6.07) is 48.2. The molecule has 0 aliphatic heterocycles. The molecule has 0 amide bonds. The second-order valence-corrected chi connectivity index (χ2v) is 10.7. The van der Waals surface area contributed by atoms with Crippen molar-refractivity contribution in [3.8, 4) is 44.5 Å². The highest BCUT2D eigenvalue weighted by Crippen LogP contribution is 2.42. The van der Waals surface area contributed by atoms with E-state index in [0.29, 0.717) is 0 Å². The SMILES string of the molecule is c1cncc(-c2cccc(-c3cc4c5ccccc5c(-c5cccc(-c6cccnc6)c5)cc4c4ccccc34)c2)c1. The highest BCUT2D eigenvalue weighted by Gasteiger charge is 2.15. The number of hydrogen-bond acceptors (Lipinski definition) is 2. The fraction of sp³-hybridized carbons (Fsp3) is 0. The molecule has 0 bridgehead atoms. The lowest BCUT2D eigenvalue weighted by molar-refractivity contribution is 1.33. The average molecular weight is 535 g/mol. The van der Waals surface area contributed by atoms with Crippen molar-refractivity contribution in [2.24, 2.45) is 0 Å². The monoisotopic (exact) mass is 534 g/mol. The van der Waals surface area contributed by atoms with E-state index < -0.39 is 0 Å². The first-order chi connectivity index (χ1) is 20.8. The Morgan fingerprint density at radius 2 is 0.690 bits per heavy atom. The molecule has 42 heavy (non-hydrogen) atoms. The van der Waals surface area contributed by atoms with Gasteiger partial charge in [0.1, 0.15) is 0 Å². The minimum atomic E-state index is 1.12. The van der Waals surface area contributed by atoms with Crippen LogP contribution in [0.15, 0.2) is 158 Å². The second-order valence-electron chi connectivity index (χ2n) is 10.7. The Labute approximate surface area is 244 Å². The van der Waals surface area contributed by atoms with Crippen LogP contribution >= 0.6 is 0 Å². The van der Waals surface area contributed by atoms with E-state index in [0.717, 1.165) is 11.1 Å². The summed E-state index contributed by atoms with van der Waals surface area (Å²) < 4.78 is 0. The smallest absolute Gasteiger partial charge is 0.0346 e. The molecule has 0 atom stereocenters. The maximum Gasteiger partial charge on any atom is 0.0346 e. The molecule has 6 aromatic carbocycles. The van der Waals surface area contributed by atoms with Crippen molar-refractivity contribution in [2.75, 3.05) is 0 Å². The Hall–Kier alpha value is -5.60. The number of pyridine rings is 2. The Kier molecular flexibility index (Phi) is 5.82. The Bertz CT molecular complexity index is 2070. The van der Waals surface area contributed by atoms with Crippen LogP contribution in [0.1, 0.15) is 0 Å². The molecule has 8 rings (SSSR count). The fourth-order valence-electron chi connectivity index (χ4n) is 6.23. The van der Waals surface area contributed by atoms with Crippen LogP contribution in [0.3, 0.4) is 0 Å². The van der Waals surface area contributed by atoms with E-state index in [1.54, 1.807) is 0 Å². The van der Waals surface area contributed by atoms with Crippen LogP contribution in [0.25, 0.3) is 76.8 Å². The van der Waals surface area contributed by atoms with Crippen molar-refractivity contribution >= 4 is 32.3 Å². The molecule has 0 unspecified atom stereocenters. The average Bonchev–Trinajstić information content (AvgIpc) is 3.08. The predicted molar refractivity (Wildman–Crippen MR) is 176 cm³/mol. The summed E-state index contributed by atoms with van der Waals surface area (Å²) >= 11 is 0. The van der Waals surface area contributed by atoms with Gasteiger partial charge in [0.25, 0.3) is 0 Å². The minimum absolute atomic E-state index is 1.12. The Morgan fingerprint density at radius 3 is 1.12 bits per heavy atom. The molecule has 0 radical (unpaired) electrons. The van der Waals surface area contributed by atoms with Gasteiger partial charge in [0.15, 0.2) is 0 Å². The quantitative estimate of drug-likeness (QED) is 0.210. The molecule has 8 aromatic rings. The van der Waals surface area contributed by atoms with Gasteiger partial charge in [-0.05, 0) is 102 Å². The summed E-state index contributed by atoms with van der Waals surface area (Å²) in [6.45, 7) is 0. The van der Waals surface area contributed by atoms with Crippen molar-refractivity contribution in [2.45, 2.75) is 0 Å². The molecule has 2 aromatic heterocycles. The molecule has 0 N–H and O–H groups in total. The molecule has 196 valence electrons. The third-order valence-electron chi connectivity index (χ3n) is 8.22. The molecule has 0 spiro atoms. The lowest BCUT2D eigenvalue weighted by Gasteiger charge is -2.17. The zero-order chi connectivity index (χ0) is 27.9. The molecule has 2 heteroatoms. The molecule has 0 saturated heterocycles. The number of aromatic nitrogens is 2. The summed E-state index contributed by atoms with van der Waals surface area (Å²) in [7, 11) is 0. The minimum Gasteiger partial charge on any atom is -0.264 e. The van der Waals surface area contributed by atoms with Crippen molar-refractivity contribution in [1.82, 2.24) is 9.97 Å². The molecular formula is C40H26N2. The van der Waals surface area contributed by atoms with E-state index in [9.17, 15) is 0 Å². The van der Waals surface area contributed by atoms with Crippen molar-refractivity contribution in [1.29, 1.82) is 0 Å². The van der Waals surface area contributed by atoms with Crippen molar-refractivity contribution < 1.29 is 0 Å². The van der Waals surface area contributed by atoms with E-state index in [1.165, 1.54) is 65.7 Å². The zero-order valence-electron chi connectivity index (χ0n) is 22.9. The molecule has 0 fully saturated rings. The summed E-state index contributed by atoms with van der Waals surface area (Å²) in [4.78, 5) is 8.68. The molecule has 0 saturated carbocycles. The highest BCUT2D eigenvalue weighted by molar-refractivity contribution is 6.23. The first kappa shape index (κ1) is 24.2. The predicted octanol–water partition coefficient (Wildman–Crippen LogP) is 10.6. The van der Waals surface area contributed by atoms with Gasteiger partial charge < -0.3 is 0 Å². The van der Waals surface area contributed by atoms with Crippen molar-refractivity contribution in [3.05, 3.63) is 158 Å². The summed E-state index contributed by atoms with van der Waals surface area (Å²) in [5.74, 6) is 0. The molecule has 2 nitrogen and oxygen atoms in total. The van der Waals surface area contributed by atoms with Gasteiger partial charge in [-0.15, -0.1) is 0 Å². The van der Waals surface area contributed by atoms with Gasteiger partial charge in [-0.2, -0.15) is 0 Å². The summed E-state index contributed by atoms with van der Waals surface area (Å²) in [5, 5.41) is 7.54. The summed E-state index contributed by atoms with van der Waals surface area (Å²) in [5.41, 5.74) is 9.44. The number of benzene rings is 6. The van der Waals surface area contributed by atoms with Gasteiger partial charge >= 0.3 is 0 Å². The number of nitrogens with zero attached hydrogens (tertiary/aromatic N) is 2. The van der Waals surface area contributed by atoms with Crippen LogP contribution < -0.4 is 0 Å². The van der Waals surface area contributed by atoms with Crippen LogP contribution in [-0.2, 0) is 0 Å². The third kappa shape index (κ3) is 4.13. The first-order valence-electron chi connectivity index (χ1n) is 14.2. The molecular weight excluding hydrogens is 508 g/mol. The molecule has 0 aliphatic rings. The van der Waals surface area contributed by atoms with Crippen molar-refractivity contribution in [3.63, 3.8) is 0 Å². The van der Waals surface area contributed by atoms with Crippen LogP contribution in [0.4, 0.5) is 0 Å². The zero-order valence-corrected chi connectivity index (χ0v) is 22.9. The normalized spacial score (nSPS) is 11.3. The lowest BCUT2D eigenvalue weighted by atomic mass is 9.87. The van der Waals surface area contributed by atoms with Crippen LogP contribution in [0.5, 0.6) is 0 Å². The number of rotatable bonds is 4. The molecule has 0 aliphatic carbocycles. The van der Waals surface area contributed by atoms with E-state index in [4.69, 9.17) is 0 Å². The van der Waals surface area contributed by atoms with Gasteiger partial charge in [-0.1, -0.05) is 97.1 Å². The van der Waals surface area contributed by atoms with Gasteiger partial charge in [0.2, 0.25) is 0 Å². The first-order valence-corrected chi connectivity index (χ1v) is 14.2. The third-order valence-corrected chi connectivity index (χ3v) is 8.22. The molecule has 2 heterocycles. The van der Waals surface area contributed by atoms with Gasteiger partial charge in [0, 0.05) is 35.9 Å². The second kappa shape index (κ2) is 10.1. The largest absolute Gasteiger partial charge is 0.264 e. The van der Waals surface area contributed by atoms with E-state index in [1.807, 2.05) is 36.9 Å². The number of fused-ring (bicyclic) bond motifs is 5. The Balaban J connectivity index is 1.39. The maximum absolute atomic E-state index is 4.34. The Morgan fingerprint density at radius 1 is 0.286 bits per heavy atom. The van der Waals surface area contributed by atoms with Crippen LogP contribution in [-0.4, -0.2) is 9.97 Å². The van der Waals surface area contributed by atoms with Gasteiger partial charge in [-0.25, -0.2) is 0 Å². The summed E-state index contributed by atoms with van der Waals surface area (Å²) in [6.07, 6.45) is 7.49. The van der Waals surface area contributed by atoms with E-state index in [2.05, 4.69) is 131 Å². The topological polar surface area (TPSA) is 25.8 Å². The van der Waals surface area contributed by atoms with Crippen LogP contribution in [0.2, 0.25) is 0 Å². The fourth-order valence-corrected chi connectivity index (χ4v) is 6.23. The lowest BCUT2D eigenvalue weighted by Crippen LogP contribution is -1.90. The standard InChI is InChI=1S/C40H26N2/c1-3-17-35-33(15-1)37(29-11-5-9-27(21-29)31-13-7-19-41-25-31)23-40-36-18-4-2-16-34(36)38(24-39(35)40)30-12-6-10-28(22-30)32-14-8-20-42-26-32/h1-26H.